The summed E-state index contributed by atoms with van der Waals surface area (Å²) < 4.78 is 44.1. The van der Waals surface area contributed by atoms with Crippen LogP contribution in [0.25, 0.3) is 11.0 Å². The van der Waals surface area contributed by atoms with Gasteiger partial charge in [-0.3, -0.25) is 24.3 Å². The van der Waals surface area contributed by atoms with E-state index in [-0.39, 0.29) is 23.8 Å². The van der Waals surface area contributed by atoms with Gasteiger partial charge >= 0.3 is 6.18 Å². The molecule has 2 aliphatic rings. The molecule has 2 aromatic heterocycles. The molecule has 1 atom stereocenters. The number of aliphatic imine (C=N–C) groups is 1. The molecule has 0 saturated heterocycles. The number of fused-ring (bicyclic) bond motifs is 1. The van der Waals surface area contributed by atoms with E-state index in [1.165, 1.54) is 10.6 Å². The van der Waals surface area contributed by atoms with Crippen LogP contribution in [-0.4, -0.2) is 37.3 Å². The summed E-state index contributed by atoms with van der Waals surface area (Å²) in [5.41, 5.74) is 3.37. The molecule has 1 fully saturated rings. The molecule has 3 heterocycles. The van der Waals surface area contributed by atoms with Crippen molar-refractivity contribution in [2.45, 2.75) is 44.4 Å². The van der Waals surface area contributed by atoms with E-state index in [1.54, 1.807) is 11.7 Å². The highest BCUT2D eigenvalue weighted by Gasteiger charge is 2.38. The third-order valence-electron chi connectivity index (χ3n) is 7.89. The number of halogens is 3. The molecule has 0 spiro atoms. The average Bonchev–Trinajstić information content (AvgIpc) is 3.62. The second-order valence-electron chi connectivity index (χ2n) is 10.6. The fourth-order valence-corrected chi connectivity index (χ4v) is 5.66. The van der Waals surface area contributed by atoms with E-state index < -0.39 is 12.1 Å². The van der Waals surface area contributed by atoms with Crippen LogP contribution in [-0.2, 0) is 13.6 Å². The van der Waals surface area contributed by atoms with Crippen LogP contribution in [0.15, 0.2) is 76.5 Å². The molecule has 212 valence electrons. The number of hydrogen-bond donors (Lipinski definition) is 2. The van der Waals surface area contributed by atoms with Crippen molar-refractivity contribution in [1.29, 1.82) is 5.41 Å². The van der Waals surface area contributed by atoms with E-state index in [0.29, 0.717) is 29.1 Å². The summed E-state index contributed by atoms with van der Waals surface area (Å²) in [5, 5.41) is 17.4. The minimum Gasteiger partial charge on any atom is -0.338 e. The van der Waals surface area contributed by atoms with Crippen LogP contribution in [0.3, 0.4) is 0 Å². The third kappa shape index (κ3) is 5.12. The van der Waals surface area contributed by atoms with Crippen LogP contribution in [0.2, 0.25) is 0 Å². The molecule has 0 bridgehead atoms. The number of nitrogens with zero attached hydrogens (tertiary/aromatic N) is 5. The highest BCUT2D eigenvalue weighted by atomic mass is 19.4. The zero-order valence-corrected chi connectivity index (χ0v) is 22.5. The second kappa shape index (κ2) is 10.5. The van der Waals surface area contributed by atoms with Gasteiger partial charge in [0.2, 0.25) is 5.62 Å². The van der Waals surface area contributed by atoms with Crippen LogP contribution in [0.5, 0.6) is 0 Å². The van der Waals surface area contributed by atoms with Gasteiger partial charge in [-0.15, -0.1) is 0 Å². The number of benzene rings is 2. The minimum absolute atomic E-state index is 0.0934. The fourth-order valence-electron chi connectivity index (χ4n) is 5.66. The first kappa shape index (κ1) is 26.8. The van der Waals surface area contributed by atoms with Crippen molar-refractivity contribution in [2.75, 3.05) is 11.9 Å². The molecule has 0 amide bonds. The first-order valence-electron chi connectivity index (χ1n) is 13.7. The molecule has 6 rings (SSSR count). The van der Waals surface area contributed by atoms with Crippen LogP contribution in [0.1, 0.15) is 42.9 Å². The Hall–Kier alpha value is -4.41. The predicted molar refractivity (Wildman–Crippen MR) is 152 cm³/mol. The van der Waals surface area contributed by atoms with Crippen molar-refractivity contribution in [3.63, 3.8) is 0 Å². The molecule has 4 aromatic rings. The predicted octanol–water partition coefficient (Wildman–Crippen LogP) is 5.46. The molecule has 1 saturated carbocycles. The van der Waals surface area contributed by atoms with Gasteiger partial charge in [-0.05, 0) is 42.2 Å². The van der Waals surface area contributed by atoms with Crippen molar-refractivity contribution < 1.29 is 13.2 Å². The Morgan fingerprint density at radius 3 is 2.39 bits per heavy atom. The van der Waals surface area contributed by atoms with Gasteiger partial charge in [-0.25, -0.2) is 4.68 Å². The van der Waals surface area contributed by atoms with Gasteiger partial charge in [0.05, 0.1) is 24.7 Å². The number of hydrogen-bond acceptors (Lipinski definition) is 5. The summed E-state index contributed by atoms with van der Waals surface area (Å²) in [6.07, 6.45) is 2.27. The Morgan fingerprint density at radius 1 is 1.05 bits per heavy atom. The summed E-state index contributed by atoms with van der Waals surface area (Å²) >= 11 is 0. The molecule has 8 nitrogen and oxygen atoms in total. The largest absolute Gasteiger partial charge is 0.396 e. The van der Waals surface area contributed by atoms with E-state index in [1.807, 2.05) is 59.2 Å². The van der Waals surface area contributed by atoms with Crippen molar-refractivity contribution in [3.05, 3.63) is 93.8 Å². The lowest BCUT2D eigenvalue weighted by Crippen LogP contribution is -2.40. The second-order valence-corrected chi connectivity index (χ2v) is 10.6. The van der Waals surface area contributed by atoms with Crippen LogP contribution >= 0.6 is 0 Å². The van der Waals surface area contributed by atoms with Crippen molar-refractivity contribution in [3.8, 4) is 0 Å². The monoisotopic (exact) mass is 561 g/mol. The first-order chi connectivity index (χ1) is 19.7. The maximum Gasteiger partial charge on any atom is 0.396 e. The van der Waals surface area contributed by atoms with Crippen molar-refractivity contribution in [2.24, 2.45) is 18.0 Å². The fraction of sp³-hybridized carbons (Fsp3) is 0.333. The first-order valence-corrected chi connectivity index (χ1v) is 13.7. The lowest BCUT2D eigenvalue weighted by atomic mass is 10.0. The molecular formula is C30H30F3N7O. The average molecular weight is 562 g/mol. The summed E-state index contributed by atoms with van der Waals surface area (Å²) in [7, 11) is 1.62. The van der Waals surface area contributed by atoms with Crippen LogP contribution < -0.4 is 16.5 Å². The van der Waals surface area contributed by atoms with Gasteiger partial charge in [0.15, 0.2) is 5.82 Å². The standard InChI is InChI=1S/C30H30F3N7O/c1-38-28(41)25-26(36-22-7-3-2-4-8-22)37-39(27(25)40(29(38)34)23-9-5-6-10-23)18-19-11-13-20(14-12-19)24-16-15-21(17-35-24)30(31,32)33/h2-4,7-8,11-16,21,23,34H,5-6,9-10,17-18H2,1H3,(H,36,37). The Morgan fingerprint density at radius 2 is 1.76 bits per heavy atom. The zero-order chi connectivity index (χ0) is 28.7. The van der Waals surface area contributed by atoms with E-state index >= 15 is 0 Å². The third-order valence-corrected chi connectivity index (χ3v) is 7.89. The SMILES string of the molecule is Cn1c(=O)c2c(Nc3ccccc3)nn(Cc3ccc(C4=NCC(C(F)(F)F)C=C4)cc3)c2n(C2CCCC2)c1=N. The van der Waals surface area contributed by atoms with Gasteiger partial charge < -0.3 is 5.32 Å². The molecule has 2 aromatic carbocycles. The number of dihydropyridines is 1. The Balaban J connectivity index is 1.39. The Kier molecular flexibility index (Phi) is 6.88. The Labute approximate surface area is 234 Å². The topological polar surface area (TPSA) is 93.0 Å². The summed E-state index contributed by atoms with van der Waals surface area (Å²) in [6.45, 7) is 0.0180. The quantitative estimate of drug-likeness (QED) is 0.328. The number of anilines is 2. The summed E-state index contributed by atoms with van der Waals surface area (Å²) in [4.78, 5) is 17.7. The highest BCUT2D eigenvalue weighted by molar-refractivity contribution is 6.09. The summed E-state index contributed by atoms with van der Waals surface area (Å²) in [5.74, 6) is -1.13. The molecule has 0 radical (unpaired) electrons. The van der Waals surface area contributed by atoms with E-state index in [9.17, 15) is 18.0 Å². The number of rotatable bonds is 6. The van der Waals surface area contributed by atoms with E-state index in [4.69, 9.17) is 10.5 Å². The molecule has 41 heavy (non-hydrogen) atoms. The van der Waals surface area contributed by atoms with Gasteiger partial charge in [0, 0.05) is 18.8 Å². The number of aromatic nitrogens is 4. The lowest BCUT2D eigenvalue weighted by molar-refractivity contribution is -0.158. The summed E-state index contributed by atoms with van der Waals surface area (Å²) in [6, 6.07) is 17.1. The lowest BCUT2D eigenvalue weighted by Gasteiger charge is -2.19. The molecule has 1 aliphatic heterocycles. The normalized spacial score (nSPS) is 17.8. The number of para-hydroxylation sites is 1. The molecule has 1 unspecified atom stereocenters. The Bertz CT molecular complexity index is 1760. The highest BCUT2D eigenvalue weighted by Crippen LogP contribution is 2.33. The molecular weight excluding hydrogens is 531 g/mol. The van der Waals surface area contributed by atoms with Gasteiger partial charge in [-0.1, -0.05) is 61.4 Å². The number of nitrogens with one attached hydrogen (secondary N) is 2. The van der Waals surface area contributed by atoms with Crippen molar-refractivity contribution >= 4 is 28.3 Å². The maximum atomic E-state index is 13.5. The van der Waals surface area contributed by atoms with Gasteiger partial charge in [0.1, 0.15) is 11.0 Å². The van der Waals surface area contributed by atoms with E-state index in [0.717, 1.165) is 48.6 Å². The number of allylic oxidation sites excluding steroid dienone is 1. The van der Waals surface area contributed by atoms with Crippen molar-refractivity contribution in [1.82, 2.24) is 18.9 Å². The smallest absolute Gasteiger partial charge is 0.338 e. The van der Waals surface area contributed by atoms with Gasteiger partial charge in [-0.2, -0.15) is 18.3 Å². The molecule has 11 heteroatoms. The number of alkyl halides is 3. The minimum atomic E-state index is -4.30. The molecule has 2 N–H and O–H groups in total. The zero-order valence-electron chi connectivity index (χ0n) is 22.5. The molecule has 1 aliphatic carbocycles. The van der Waals surface area contributed by atoms with Gasteiger partial charge in [0.25, 0.3) is 5.56 Å². The van der Waals surface area contributed by atoms with Crippen LogP contribution in [0.4, 0.5) is 24.7 Å². The maximum absolute atomic E-state index is 13.5. The van der Waals surface area contributed by atoms with E-state index in [2.05, 4.69) is 10.3 Å². The van der Waals surface area contributed by atoms with Crippen LogP contribution in [0, 0.1) is 11.3 Å².